The Morgan fingerprint density at radius 2 is 1.97 bits per heavy atom. The molecule has 162 valence electrons. The average Bonchev–Trinajstić information content (AvgIpc) is 3.35. The molecule has 2 aromatic heterocycles. The van der Waals surface area contributed by atoms with Gasteiger partial charge in [-0.3, -0.25) is 9.59 Å². The molecule has 9 heteroatoms. The maximum absolute atomic E-state index is 12.4. The highest BCUT2D eigenvalue weighted by Crippen LogP contribution is 2.23. The third-order valence-corrected chi connectivity index (χ3v) is 5.20. The lowest BCUT2D eigenvalue weighted by molar-refractivity contribution is -0.131. The monoisotopic (exact) mass is 460 g/mol. The van der Waals surface area contributed by atoms with Crippen molar-refractivity contribution in [2.24, 2.45) is 0 Å². The molecule has 0 aliphatic carbocycles. The summed E-state index contributed by atoms with van der Waals surface area (Å²) >= 11 is 12.4. The Labute approximate surface area is 190 Å². The predicted octanol–water partition coefficient (Wildman–Crippen LogP) is 3.93. The Balaban J connectivity index is 1.58. The molecule has 0 saturated carbocycles. The van der Waals surface area contributed by atoms with Crippen molar-refractivity contribution in [3.05, 3.63) is 81.5 Å². The first kappa shape index (κ1) is 22.7. The molecular formula is C22H22Cl2N4O3. The molecule has 1 N–H and O–H groups in total. The molecule has 0 aliphatic rings. The van der Waals surface area contributed by atoms with Gasteiger partial charge in [-0.15, -0.1) is 0 Å². The molecule has 0 radical (unpaired) electrons. The third kappa shape index (κ3) is 6.23. The minimum atomic E-state index is -0.325. The smallest absolute Gasteiger partial charge is 0.246 e. The van der Waals surface area contributed by atoms with Crippen molar-refractivity contribution in [1.29, 1.82) is 0 Å². The molecule has 0 unspecified atom stereocenters. The van der Waals surface area contributed by atoms with Crippen LogP contribution >= 0.6 is 23.2 Å². The first-order chi connectivity index (χ1) is 14.8. The van der Waals surface area contributed by atoms with E-state index < -0.39 is 0 Å². The summed E-state index contributed by atoms with van der Waals surface area (Å²) in [6.45, 7) is 2.49. The minimum Gasteiger partial charge on any atom is -0.467 e. The molecular weight excluding hydrogens is 439 g/mol. The van der Waals surface area contributed by atoms with E-state index in [1.165, 1.54) is 17.2 Å². The Hall–Kier alpha value is -3.03. The molecule has 0 spiro atoms. The SMILES string of the molecule is Cc1nn(Cc2ccc(Cl)cc2)c(Cl)c1/C=C/C(=O)N(C)CC(=O)NCc1ccco1. The van der Waals surface area contributed by atoms with Crippen LogP contribution in [-0.2, 0) is 22.7 Å². The largest absolute Gasteiger partial charge is 0.467 e. The third-order valence-electron chi connectivity index (χ3n) is 4.54. The normalized spacial score (nSPS) is 11.1. The van der Waals surface area contributed by atoms with Gasteiger partial charge in [-0.25, -0.2) is 4.68 Å². The van der Waals surface area contributed by atoms with E-state index in [2.05, 4.69) is 10.4 Å². The highest BCUT2D eigenvalue weighted by atomic mass is 35.5. The topological polar surface area (TPSA) is 80.4 Å². The van der Waals surface area contributed by atoms with E-state index in [0.717, 1.165) is 5.56 Å². The van der Waals surface area contributed by atoms with Gasteiger partial charge in [0.25, 0.3) is 0 Å². The highest BCUT2D eigenvalue weighted by Gasteiger charge is 2.14. The van der Waals surface area contributed by atoms with Crippen LogP contribution < -0.4 is 5.32 Å². The molecule has 2 amide bonds. The molecule has 0 saturated heterocycles. The maximum atomic E-state index is 12.4. The summed E-state index contributed by atoms with van der Waals surface area (Å²) in [6.07, 6.45) is 4.53. The zero-order valence-electron chi connectivity index (χ0n) is 17.1. The van der Waals surface area contributed by atoms with Crippen LogP contribution in [0.3, 0.4) is 0 Å². The van der Waals surface area contributed by atoms with E-state index in [1.807, 2.05) is 19.1 Å². The van der Waals surface area contributed by atoms with Gasteiger partial charge in [0.1, 0.15) is 10.9 Å². The number of nitrogens with one attached hydrogen (secondary N) is 1. The van der Waals surface area contributed by atoms with E-state index in [4.69, 9.17) is 27.6 Å². The first-order valence-electron chi connectivity index (χ1n) is 9.53. The molecule has 0 aliphatic heterocycles. The van der Waals surface area contributed by atoms with Crippen LogP contribution in [-0.4, -0.2) is 40.1 Å². The minimum absolute atomic E-state index is 0.0770. The maximum Gasteiger partial charge on any atom is 0.246 e. The molecule has 31 heavy (non-hydrogen) atoms. The number of nitrogens with zero attached hydrogens (tertiary/aromatic N) is 3. The Bertz CT molecular complexity index is 1070. The number of hydrogen-bond acceptors (Lipinski definition) is 4. The second-order valence-electron chi connectivity index (χ2n) is 6.96. The van der Waals surface area contributed by atoms with Crippen LogP contribution in [0.5, 0.6) is 0 Å². The number of rotatable bonds is 8. The lowest BCUT2D eigenvalue weighted by Crippen LogP contribution is -2.37. The number of carbonyl (C=O) groups is 2. The number of amides is 2. The quantitative estimate of drug-likeness (QED) is 0.516. The van der Waals surface area contributed by atoms with Gasteiger partial charge >= 0.3 is 0 Å². The zero-order valence-corrected chi connectivity index (χ0v) is 18.7. The van der Waals surface area contributed by atoms with Crippen molar-refractivity contribution in [2.45, 2.75) is 20.0 Å². The fraction of sp³-hybridized carbons (Fsp3) is 0.227. The molecule has 2 heterocycles. The van der Waals surface area contributed by atoms with Gasteiger partial charge in [-0.1, -0.05) is 35.3 Å². The fourth-order valence-corrected chi connectivity index (χ4v) is 3.28. The summed E-state index contributed by atoms with van der Waals surface area (Å²) in [5.74, 6) is 0.0302. The Kier molecular flexibility index (Phi) is 7.55. The first-order valence-corrected chi connectivity index (χ1v) is 10.3. The number of likely N-dealkylation sites (N-methyl/N-ethyl adjacent to an activating group) is 1. The van der Waals surface area contributed by atoms with E-state index >= 15 is 0 Å². The van der Waals surface area contributed by atoms with Crippen molar-refractivity contribution >= 4 is 41.1 Å². The lowest BCUT2D eigenvalue weighted by Gasteiger charge is -2.14. The van der Waals surface area contributed by atoms with E-state index in [-0.39, 0.29) is 24.9 Å². The molecule has 3 aromatic rings. The van der Waals surface area contributed by atoms with Gasteiger partial charge in [-0.05, 0) is 42.8 Å². The van der Waals surface area contributed by atoms with Crippen LogP contribution in [0.4, 0.5) is 0 Å². The fourth-order valence-electron chi connectivity index (χ4n) is 2.85. The van der Waals surface area contributed by atoms with Crippen LogP contribution in [0.1, 0.15) is 22.6 Å². The standard InChI is InChI=1S/C22H22Cl2N4O3/c1-15-19(22(24)28(26-15)13-16-5-7-17(23)8-6-16)9-10-21(30)27(2)14-20(29)25-12-18-4-3-11-31-18/h3-11H,12-14H2,1-2H3,(H,25,29)/b10-9+. The Morgan fingerprint density at radius 1 is 1.23 bits per heavy atom. The zero-order chi connectivity index (χ0) is 22.4. The van der Waals surface area contributed by atoms with Crippen LogP contribution in [0.25, 0.3) is 6.08 Å². The second kappa shape index (κ2) is 10.3. The number of benzene rings is 1. The number of aryl methyl sites for hydroxylation is 1. The molecule has 3 rings (SSSR count). The number of furan rings is 1. The van der Waals surface area contributed by atoms with Gasteiger partial charge in [0.2, 0.25) is 11.8 Å². The van der Waals surface area contributed by atoms with Crippen molar-refractivity contribution in [1.82, 2.24) is 20.0 Å². The molecule has 0 fully saturated rings. The van der Waals surface area contributed by atoms with Gasteiger partial charge in [0, 0.05) is 23.7 Å². The van der Waals surface area contributed by atoms with Crippen molar-refractivity contribution < 1.29 is 14.0 Å². The summed E-state index contributed by atoms with van der Waals surface area (Å²) in [6, 6.07) is 10.9. The van der Waals surface area contributed by atoms with E-state index in [1.54, 1.807) is 42.1 Å². The van der Waals surface area contributed by atoms with Crippen LogP contribution in [0, 0.1) is 6.92 Å². The van der Waals surface area contributed by atoms with Crippen molar-refractivity contribution in [2.75, 3.05) is 13.6 Å². The summed E-state index contributed by atoms with van der Waals surface area (Å²) in [5, 5.41) is 8.24. The van der Waals surface area contributed by atoms with Crippen LogP contribution in [0.2, 0.25) is 10.2 Å². The summed E-state index contributed by atoms with van der Waals surface area (Å²) in [4.78, 5) is 25.7. The number of aromatic nitrogens is 2. The van der Waals surface area contributed by atoms with Gasteiger partial charge in [-0.2, -0.15) is 5.10 Å². The summed E-state index contributed by atoms with van der Waals surface area (Å²) in [7, 11) is 1.55. The van der Waals surface area contributed by atoms with Crippen LogP contribution in [0.15, 0.2) is 53.2 Å². The Morgan fingerprint density at radius 3 is 2.65 bits per heavy atom. The number of halogens is 2. The van der Waals surface area contributed by atoms with Gasteiger partial charge in [0.15, 0.2) is 0 Å². The number of hydrogen-bond donors (Lipinski definition) is 1. The van der Waals surface area contributed by atoms with Crippen molar-refractivity contribution in [3.63, 3.8) is 0 Å². The molecule has 0 bridgehead atoms. The second-order valence-corrected chi connectivity index (χ2v) is 7.75. The predicted molar refractivity (Wildman–Crippen MR) is 120 cm³/mol. The van der Waals surface area contributed by atoms with Gasteiger partial charge < -0.3 is 14.6 Å². The lowest BCUT2D eigenvalue weighted by atomic mass is 10.2. The molecule has 0 atom stereocenters. The molecule has 1 aromatic carbocycles. The molecule has 7 nitrogen and oxygen atoms in total. The van der Waals surface area contributed by atoms with Gasteiger partial charge in [0.05, 0.1) is 31.6 Å². The summed E-state index contributed by atoms with van der Waals surface area (Å²) in [5.41, 5.74) is 2.35. The van der Waals surface area contributed by atoms with Crippen molar-refractivity contribution in [3.8, 4) is 0 Å². The number of carbonyl (C=O) groups excluding carboxylic acids is 2. The summed E-state index contributed by atoms with van der Waals surface area (Å²) < 4.78 is 6.82. The van der Waals surface area contributed by atoms with E-state index in [0.29, 0.717) is 33.7 Å². The highest BCUT2D eigenvalue weighted by molar-refractivity contribution is 6.31. The average molecular weight is 461 g/mol. The van der Waals surface area contributed by atoms with E-state index in [9.17, 15) is 9.59 Å².